The van der Waals surface area contributed by atoms with E-state index in [-0.39, 0.29) is 57.5 Å². The number of fused-ring (bicyclic) bond motifs is 5. The van der Waals surface area contributed by atoms with Crippen molar-refractivity contribution in [3.63, 3.8) is 0 Å². The van der Waals surface area contributed by atoms with E-state index in [1.807, 2.05) is 12.2 Å². The first-order valence-corrected chi connectivity index (χ1v) is 9.71. The van der Waals surface area contributed by atoms with Crippen molar-refractivity contribution in [2.45, 2.75) is 32.8 Å². The SMILES string of the molecule is CC(C)(C)Oc1c(C=NN2C(=O)C3C4C=CC(C4)C3C2=O)cc(Cl)cc1[N+](=O)[O-]. The van der Waals surface area contributed by atoms with Crippen molar-refractivity contribution in [1.29, 1.82) is 0 Å². The summed E-state index contributed by atoms with van der Waals surface area (Å²) in [7, 11) is 0. The molecule has 2 amide bonds. The summed E-state index contributed by atoms with van der Waals surface area (Å²) in [5, 5.41) is 16.6. The summed E-state index contributed by atoms with van der Waals surface area (Å²) in [5.41, 5.74) is -0.813. The molecule has 1 aliphatic heterocycles. The third-order valence-corrected chi connectivity index (χ3v) is 5.65. The number of imide groups is 1. The molecule has 2 fully saturated rings. The van der Waals surface area contributed by atoms with E-state index in [0.29, 0.717) is 0 Å². The van der Waals surface area contributed by atoms with Crippen LogP contribution in [0.2, 0.25) is 5.02 Å². The van der Waals surface area contributed by atoms with Gasteiger partial charge in [-0.2, -0.15) is 10.1 Å². The van der Waals surface area contributed by atoms with Crippen LogP contribution in [0.1, 0.15) is 32.8 Å². The second-order valence-electron chi connectivity index (χ2n) is 8.55. The minimum atomic E-state index is -0.720. The summed E-state index contributed by atoms with van der Waals surface area (Å²) < 4.78 is 5.78. The van der Waals surface area contributed by atoms with Crippen LogP contribution >= 0.6 is 11.6 Å². The van der Waals surface area contributed by atoms with E-state index in [1.165, 1.54) is 18.3 Å². The monoisotopic (exact) mass is 417 g/mol. The second-order valence-corrected chi connectivity index (χ2v) is 8.98. The molecule has 1 aromatic rings. The number of ether oxygens (including phenoxy) is 1. The lowest BCUT2D eigenvalue weighted by Crippen LogP contribution is -2.28. The highest BCUT2D eigenvalue weighted by Gasteiger charge is 2.59. The summed E-state index contributed by atoms with van der Waals surface area (Å²) in [4.78, 5) is 36.4. The van der Waals surface area contributed by atoms with Crippen LogP contribution in [0.15, 0.2) is 29.4 Å². The Morgan fingerprint density at radius 1 is 1.21 bits per heavy atom. The highest BCUT2D eigenvalue weighted by molar-refractivity contribution is 6.31. The van der Waals surface area contributed by atoms with Crippen molar-refractivity contribution in [3.8, 4) is 5.75 Å². The Morgan fingerprint density at radius 2 is 1.79 bits per heavy atom. The quantitative estimate of drug-likeness (QED) is 0.245. The number of amides is 2. The Morgan fingerprint density at radius 3 is 2.31 bits per heavy atom. The molecule has 29 heavy (non-hydrogen) atoms. The standard InChI is InChI=1S/C20H20ClN3O5/c1-20(2,3)29-17-12(7-13(21)8-14(17)24(27)28)9-22-23-18(25)15-10-4-5-11(6-10)16(15)19(23)26/h4-5,7-11,15-16H,6H2,1-3H3. The number of hydrazone groups is 1. The van der Waals surface area contributed by atoms with Gasteiger partial charge in [-0.3, -0.25) is 19.7 Å². The molecule has 9 heteroatoms. The lowest BCUT2D eigenvalue weighted by molar-refractivity contribution is -0.386. The zero-order valence-corrected chi connectivity index (χ0v) is 16.9. The number of hydrogen-bond donors (Lipinski definition) is 0. The van der Waals surface area contributed by atoms with Crippen LogP contribution in [0, 0.1) is 33.8 Å². The lowest BCUT2D eigenvalue weighted by Gasteiger charge is -2.22. The van der Waals surface area contributed by atoms with Crippen LogP contribution in [-0.4, -0.2) is 33.6 Å². The zero-order chi connectivity index (χ0) is 21.1. The number of carbonyl (C=O) groups is 2. The number of nitrogens with zero attached hydrogens (tertiary/aromatic N) is 3. The zero-order valence-electron chi connectivity index (χ0n) is 16.2. The summed E-state index contributed by atoms with van der Waals surface area (Å²) in [5.74, 6) is -1.26. The Balaban J connectivity index is 1.69. The van der Waals surface area contributed by atoms with Gasteiger partial charge in [-0.25, -0.2) is 0 Å². The molecule has 152 valence electrons. The van der Waals surface area contributed by atoms with Crippen LogP contribution in [0.4, 0.5) is 5.69 Å². The number of benzene rings is 1. The normalized spacial score (nSPS) is 27.9. The summed E-state index contributed by atoms with van der Waals surface area (Å²) >= 11 is 6.04. The fourth-order valence-electron chi connectivity index (χ4n) is 4.37. The van der Waals surface area contributed by atoms with Gasteiger partial charge in [0, 0.05) is 16.7 Å². The third kappa shape index (κ3) is 3.31. The smallest absolute Gasteiger partial charge is 0.313 e. The van der Waals surface area contributed by atoms with Gasteiger partial charge in [-0.05, 0) is 45.1 Å². The highest BCUT2D eigenvalue weighted by atomic mass is 35.5. The average molecular weight is 418 g/mol. The van der Waals surface area contributed by atoms with Gasteiger partial charge in [0.1, 0.15) is 5.60 Å². The van der Waals surface area contributed by atoms with Crippen molar-refractivity contribution >= 4 is 35.3 Å². The Bertz CT molecular complexity index is 951. The van der Waals surface area contributed by atoms with E-state index in [4.69, 9.17) is 16.3 Å². The predicted octanol–water partition coefficient (Wildman–Crippen LogP) is 3.57. The van der Waals surface area contributed by atoms with Gasteiger partial charge in [0.05, 0.1) is 23.0 Å². The minimum Gasteiger partial charge on any atom is -0.481 e. The van der Waals surface area contributed by atoms with Gasteiger partial charge < -0.3 is 4.74 Å². The highest BCUT2D eigenvalue weighted by Crippen LogP contribution is 2.52. The molecule has 0 aromatic heterocycles. The first-order chi connectivity index (χ1) is 13.6. The molecular formula is C20H20ClN3O5. The summed E-state index contributed by atoms with van der Waals surface area (Å²) in [6.45, 7) is 5.26. The number of carbonyl (C=O) groups excluding carboxylic acids is 2. The van der Waals surface area contributed by atoms with Gasteiger partial charge in [0.15, 0.2) is 0 Å². The molecule has 0 radical (unpaired) electrons. The fourth-order valence-corrected chi connectivity index (χ4v) is 4.59. The maximum atomic E-state index is 12.8. The van der Waals surface area contributed by atoms with Crippen molar-refractivity contribution in [2.75, 3.05) is 0 Å². The summed E-state index contributed by atoms with van der Waals surface area (Å²) in [6.07, 6.45) is 6.06. The first kappa shape index (κ1) is 19.6. The van der Waals surface area contributed by atoms with Gasteiger partial charge >= 0.3 is 5.69 Å². The number of hydrogen-bond acceptors (Lipinski definition) is 6. The van der Waals surface area contributed by atoms with Gasteiger partial charge in [0.25, 0.3) is 11.8 Å². The molecule has 1 saturated carbocycles. The number of allylic oxidation sites excluding steroid dienone is 2. The maximum Gasteiger partial charge on any atom is 0.313 e. The van der Waals surface area contributed by atoms with Crippen LogP contribution in [-0.2, 0) is 9.59 Å². The largest absolute Gasteiger partial charge is 0.481 e. The average Bonchev–Trinajstić information content (AvgIpc) is 3.28. The van der Waals surface area contributed by atoms with Crippen LogP contribution in [0.25, 0.3) is 0 Å². The second kappa shape index (κ2) is 6.66. The molecule has 8 nitrogen and oxygen atoms in total. The van der Waals surface area contributed by atoms with Gasteiger partial charge in [0.2, 0.25) is 5.75 Å². The fraction of sp³-hybridized carbons (Fsp3) is 0.450. The molecular weight excluding hydrogens is 398 g/mol. The Hall–Kier alpha value is -2.74. The van der Waals surface area contributed by atoms with E-state index >= 15 is 0 Å². The van der Waals surface area contributed by atoms with Crippen LogP contribution in [0.3, 0.4) is 0 Å². The topological polar surface area (TPSA) is 102 Å². The van der Waals surface area contributed by atoms with E-state index < -0.39 is 10.5 Å². The molecule has 2 bridgehead atoms. The number of halogens is 1. The van der Waals surface area contributed by atoms with Crippen molar-refractivity contribution in [3.05, 3.63) is 45.0 Å². The predicted molar refractivity (Wildman–Crippen MR) is 106 cm³/mol. The molecule has 4 rings (SSSR count). The first-order valence-electron chi connectivity index (χ1n) is 9.34. The van der Waals surface area contributed by atoms with Crippen molar-refractivity contribution < 1.29 is 19.2 Å². The molecule has 4 atom stereocenters. The van der Waals surface area contributed by atoms with Crippen LogP contribution < -0.4 is 4.74 Å². The lowest BCUT2D eigenvalue weighted by atomic mass is 9.85. The van der Waals surface area contributed by atoms with E-state index in [2.05, 4.69) is 5.10 Å². The third-order valence-electron chi connectivity index (χ3n) is 5.43. The molecule has 3 aliphatic rings. The summed E-state index contributed by atoms with van der Waals surface area (Å²) in [6, 6.07) is 2.65. The Kier molecular flexibility index (Phi) is 4.49. The minimum absolute atomic E-state index is 0.0170. The number of nitro benzene ring substituents is 1. The molecule has 1 saturated heterocycles. The van der Waals surface area contributed by atoms with Crippen molar-refractivity contribution in [1.82, 2.24) is 5.01 Å². The number of nitro groups is 1. The molecule has 0 N–H and O–H groups in total. The molecule has 4 unspecified atom stereocenters. The molecule has 2 aliphatic carbocycles. The Labute approximate surface area is 172 Å². The molecule has 1 aromatic carbocycles. The molecule has 0 spiro atoms. The van der Waals surface area contributed by atoms with Gasteiger partial charge in [-0.1, -0.05) is 23.8 Å². The van der Waals surface area contributed by atoms with Crippen LogP contribution in [0.5, 0.6) is 5.75 Å². The maximum absolute atomic E-state index is 12.8. The van der Waals surface area contributed by atoms with Crippen molar-refractivity contribution in [2.24, 2.45) is 28.8 Å². The van der Waals surface area contributed by atoms with E-state index in [0.717, 1.165) is 11.4 Å². The van der Waals surface area contributed by atoms with E-state index in [1.54, 1.807) is 20.8 Å². The van der Waals surface area contributed by atoms with E-state index in [9.17, 15) is 19.7 Å². The molecule has 1 heterocycles. The number of rotatable bonds is 4. The van der Waals surface area contributed by atoms with Gasteiger partial charge in [-0.15, -0.1) is 0 Å².